The molecule has 0 aliphatic carbocycles. The van der Waals surface area contributed by atoms with E-state index >= 15 is 0 Å². The minimum Gasteiger partial charge on any atom is -0.497 e. The van der Waals surface area contributed by atoms with Gasteiger partial charge < -0.3 is 14.4 Å². The molecule has 0 unspecified atom stereocenters. The summed E-state index contributed by atoms with van der Waals surface area (Å²) in [4.78, 5) is 18.5. The van der Waals surface area contributed by atoms with Crippen molar-refractivity contribution >= 4 is 11.9 Å². The van der Waals surface area contributed by atoms with Gasteiger partial charge in [-0.25, -0.2) is 4.99 Å². The second-order valence-electron chi connectivity index (χ2n) is 6.78. The standard InChI is InChI=1S/C19H29N3O3/c1-15(2)14-25-19(20-10-13-22-11-4-5-12-22)21-18(23)16-6-8-17(24-3)9-7-16/h6-9,15H,4-5,10-14H2,1-3H3,(H,20,21,23)/p+1. The number of amides is 1. The Morgan fingerprint density at radius 3 is 2.52 bits per heavy atom. The highest BCUT2D eigenvalue weighted by atomic mass is 16.5. The summed E-state index contributed by atoms with van der Waals surface area (Å²) in [5.74, 6) is 0.862. The van der Waals surface area contributed by atoms with Crippen LogP contribution in [0.2, 0.25) is 0 Å². The van der Waals surface area contributed by atoms with E-state index in [-0.39, 0.29) is 5.91 Å². The Morgan fingerprint density at radius 1 is 1.24 bits per heavy atom. The van der Waals surface area contributed by atoms with Crippen LogP contribution in [0.4, 0.5) is 0 Å². The van der Waals surface area contributed by atoms with Crippen LogP contribution < -0.4 is 15.0 Å². The van der Waals surface area contributed by atoms with E-state index < -0.39 is 0 Å². The summed E-state index contributed by atoms with van der Waals surface area (Å²) in [6, 6.07) is 7.29. The molecule has 1 heterocycles. The molecule has 0 radical (unpaired) electrons. The zero-order valence-electron chi connectivity index (χ0n) is 15.5. The van der Waals surface area contributed by atoms with Gasteiger partial charge in [0.15, 0.2) is 0 Å². The van der Waals surface area contributed by atoms with Gasteiger partial charge >= 0.3 is 0 Å². The third-order valence-corrected chi connectivity index (χ3v) is 4.16. The number of rotatable bonds is 7. The Labute approximate surface area is 150 Å². The first-order chi connectivity index (χ1) is 12.1. The van der Waals surface area contributed by atoms with Crippen molar-refractivity contribution in [2.24, 2.45) is 10.9 Å². The molecule has 1 amide bonds. The molecule has 0 bridgehead atoms. The smallest absolute Gasteiger partial charge is 0.291 e. The summed E-state index contributed by atoms with van der Waals surface area (Å²) >= 11 is 0. The fourth-order valence-electron chi connectivity index (χ4n) is 2.72. The first-order valence-corrected chi connectivity index (χ1v) is 9.04. The Kier molecular flexibility index (Phi) is 7.73. The SMILES string of the molecule is COc1ccc(C(=O)NC(=NCC[NH+]2CCCC2)OCC(C)C)cc1. The molecule has 1 aromatic rings. The minimum absolute atomic E-state index is 0.223. The van der Waals surface area contributed by atoms with E-state index in [1.54, 1.807) is 36.3 Å². The van der Waals surface area contributed by atoms with Crippen molar-refractivity contribution in [1.82, 2.24) is 5.32 Å². The highest BCUT2D eigenvalue weighted by molar-refractivity contribution is 6.04. The fraction of sp³-hybridized carbons (Fsp3) is 0.579. The zero-order valence-corrected chi connectivity index (χ0v) is 15.5. The number of aliphatic imine (C=N–C) groups is 1. The topological polar surface area (TPSA) is 64.4 Å². The first kappa shape index (κ1) is 19.2. The van der Waals surface area contributed by atoms with Crippen LogP contribution >= 0.6 is 0 Å². The van der Waals surface area contributed by atoms with Gasteiger partial charge in [0.05, 0.1) is 39.9 Å². The molecule has 138 valence electrons. The maximum absolute atomic E-state index is 12.4. The number of nitrogens with zero attached hydrogens (tertiary/aromatic N) is 1. The lowest BCUT2D eigenvalue weighted by atomic mass is 10.2. The van der Waals surface area contributed by atoms with Crippen molar-refractivity contribution in [3.05, 3.63) is 29.8 Å². The van der Waals surface area contributed by atoms with Crippen LogP contribution in [0.5, 0.6) is 5.75 Å². The van der Waals surface area contributed by atoms with E-state index in [9.17, 15) is 4.79 Å². The highest BCUT2D eigenvalue weighted by Crippen LogP contribution is 2.11. The normalized spacial score (nSPS) is 15.4. The summed E-state index contributed by atoms with van der Waals surface area (Å²) in [5.41, 5.74) is 0.548. The molecule has 1 saturated heterocycles. The quantitative estimate of drug-likeness (QED) is 0.574. The van der Waals surface area contributed by atoms with Crippen LogP contribution in [0.25, 0.3) is 0 Å². The third-order valence-electron chi connectivity index (χ3n) is 4.16. The lowest BCUT2D eigenvalue weighted by Gasteiger charge is -2.14. The second-order valence-corrected chi connectivity index (χ2v) is 6.78. The van der Waals surface area contributed by atoms with Crippen molar-refractivity contribution in [2.75, 3.05) is 39.9 Å². The van der Waals surface area contributed by atoms with Crippen LogP contribution in [-0.2, 0) is 4.74 Å². The Balaban J connectivity index is 1.93. The van der Waals surface area contributed by atoms with Gasteiger partial charge in [-0.3, -0.25) is 10.1 Å². The van der Waals surface area contributed by atoms with Gasteiger partial charge in [0, 0.05) is 18.4 Å². The van der Waals surface area contributed by atoms with Gasteiger partial charge in [-0.1, -0.05) is 13.8 Å². The van der Waals surface area contributed by atoms with Crippen molar-refractivity contribution < 1.29 is 19.2 Å². The predicted octanol–water partition coefficient (Wildman–Crippen LogP) is 1.13. The van der Waals surface area contributed by atoms with Gasteiger partial charge in [-0.2, -0.15) is 0 Å². The average molecular weight is 348 g/mol. The van der Waals surface area contributed by atoms with Crippen molar-refractivity contribution in [2.45, 2.75) is 26.7 Å². The largest absolute Gasteiger partial charge is 0.497 e. The molecule has 25 heavy (non-hydrogen) atoms. The van der Waals surface area contributed by atoms with E-state index in [2.05, 4.69) is 24.2 Å². The van der Waals surface area contributed by atoms with E-state index in [0.717, 1.165) is 12.3 Å². The number of amidine groups is 1. The minimum atomic E-state index is -0.223. The Morgan fingerprint density at radius 2 is 1.92 bits per heavy atom. The van der Waals surface area contributed by atoms with E-state index in [1.807, 2.05) is 0 Å². The van der Waals surface area contributed by atoms with Gasteiger partial charge in [-0.05, 0) is 30.2 Å². The molecule has 6 heteroatoms. The summed E-state index contributed by atoms with van der Waals surface area (Å²) in [5, 5.41) is 2.79. The van der Waals surface area contributed by atoms with Crippen molar-refractivity contribution in [3.63, 3.8) is 0 Å². The molecule has 1 fully saturated rings. The number of quaternary nitrogens is 1. The number of likely N-dealkylation sites (tertiary alicyclic amines) is 1. The summed E-state index contributed by atoms with van der Waals surface area (Å²) in [6.07, 6.45) is 2.59. The second kappa shape index (κ2) is 10.0. The van der Waals surface area contributed by atoms with Crippen LogP contribution in [-0.4, -0.2) is 51.8 Å². The van der Waals surface area contributed by atoms with Gasteiger partial charge in [0.2, 0.25) is 0 Å². The molecule has 0 atom stereocenters. The van der Waals surface area contributed by atoms with Crippen LogP contribution in [0.15, 0.2) is 29.3 Å². The maximum Gasteiger partial charge on any atom is 0.291 e. The number of benzene rings is 1. The lowest BCUT2D eigenvalue weighted by Crippen LogP contribution is -3.10. The third kappa shape index (κ3) is 6.74. The van der Waals surface area contributed by atoms with Crippen LogP contribution in [0.1, 0.15) is 37.0 Å². The molecule has 1 aromatic carbocycles. The molecular weight excluding hydrogens is 318 g/mol. The molecular formula is C19H30N3O3+. The summed E-state index contributed by atoms with van der Waals surface area (Å²) < 4.78 is 10.8. The number of ether oxygens (including phenoxy) is 2. The Bertz CT molecular complexity index is 564. The van der Waals surface area contributed by atoms with Crippen molar-refractivity contribution in [1.29, 1.82) is 0 Å². The molecule has 2 rings (SSSR count). The van der Waals surface area contributed by atoms with E-state index in [4.69, 9.17) is 9.47 Å². The van der Waals surface area contributed by atoms with Gasteiger partial charge in [0.1, 0.15) is 5.75 Å². The van der Waals surface area contributed by atoms with Gasteiger partial charge in [0.25, 0.3) is 11.9 Å². The number of carbonyl (C=O) groups is 1. The molecule has 0 aromatic heterocycles. The number of carbonyl (C=O) groups excluding carboxylic acids is 1. The molecule has 0 saturated carbocycles. The summed E-state index contributed by atoms with van der Waals surface area (Å²) in [7, 11) is 1.60. The maximum atomic E-state index is 12.4. The van der Waals surface area contributed by atoms with Gasteiger partial charge in [-0.15, -0.1) is 0 Å². The first-order valence-electron chi connectivity index (χ1n) is 9.04. The van der Waals surface area contributed by atoms with Crippen LogP contribution in [0.3, 0.4) is 0 Å². The molecule has 1 aliphatic heterocycles. The van der Waals surface area contributed by atoms with E-state index in [0.29, 0.717) is 30.7 Å². The Hall–Kier alpha value is -2.08. The van der Waals surface area contributed by atoms with E-state index in [1.165, 1.54) is 25.9 Å². The van der Waals surface area contributed by atoms with Crippen molar-refractivity contribution in [3.8, 4) is 5.75 Å². The molecule has 6 nitrogen and oxygen atoms in total. The zero-order chi connectivity index (χ0) is 18.1. The number of hydrogen-bond donors (Lipinski definition) is 2. The molecule has 0 spiro atoms. The summed E-state index contributed by atoms with van der Waals surface area (Å²) in [6.45, 7) is 8.73. The average Bonchev–Trinajstić information content (AvgIpc) is 3.12. The monoisotopic (exact) mass is 348 g/mol. The predicted molar refractivity (Wildman–Crippen MR) is 98.3 cm³/mol. The number of hydrogen-bond acceptors (Lipinski definition) is 4. The highest BCUT2D eigenvalue weighted by Gasteiger charge is 2.15. The fourth-order valence-corrected chi connectivity index (χ4v) is 2.72. The number of methoxy groups -OCH3 is 1. The lowest BCUT2D eigenvalue weighted by molar-refractivity contribution is -0.885. The molecule has 1 aliphatic rings. The molecule has 2 N–H and O–H groups in total. The van der Waals surface area contributed by atoms with Crippen LogP contribution in [0, 0.1) is 5.92 Å². The number of nitrogens with one attached hydrogen (secondary N) is 2.